The van der Waals surface area contributed by atoms with Crippen LogP contribution >= 0.6 is 11.6 Å². The van der Waals surface area contributed by atoms with Crippen molar-refractivity contribution in [1.82, 2.24) is 10.2 Å². The van der Waals surface area contributed by atoms with E-state index in [9.17, 15) is 4.79 Å². The average Bonchev–Trinajstić information content (AvgIpc) is 2.33. The van der Waals surface area contributed by atoms with Gasteiger partial charge in [-0.05, 0) is 37.2 Å². The highest BCUT2D eigenvalue weighted by atomic mass is 35.5. The number of halogens is 1. The van der Waals surface area contributed by atoms with E-state index in [-0.39, 0.29) is 5.15 Å². The van der Waals surface area contributed by atoms with E-state index in [0.29, 0.717) is 22.8 Å². The van der Waals surface area contributed by atoms with Gasteiger partial charge in [0.15, 0.2) is 11.0 Å². The number of carbonyl (C=O) groups excluding carboxylic acids is 1. The van der Waals surface area contributed by atoms with E-state index < -0.39 is 5.91 Å². The summed E-state index contributed by atoms with van der Waals surface area (Å²) in [5.41, 5.74) is 6.02. The van der Waals surface area contributed by atoms with Gasteiger partial charge >= 0.3 is 0 Å². The van der Waals surface area contributed by atoms with E-state index in [1.54, 1.807) is 0 Å². The van der Waals surface area contributed by atoms with Gasteiger partial charge < -0.3 is 11.1 Å². The van der Waals surface area contributed by atoms with Crippen molar-refractivity contribution in [2.24, 2.45) is 11.1 Å². The molecule has 0 aromatic carbocycles. The third kappa shape index (κ3) is 3.56. The number of nitrogens with one attached hydrogen (secondary N) is 1. The molecule has 6 heteroatoms. The Morgan fingerprint density at radius 2 is 2.05 bits per heavy atom. The Labute approximate surface area is 117 Å². The lowest BCUT2D eigenvalue weighted by atomic mass is 9.75. The van der Waals surface area contributed by atoms with E-state index in [1.165, 1.54) is 6.07 Å². The molecule has 0 atom stereocenters. The average molecular weight is 283 g/mol. The molecule has 0 radical (unpaired) electrons. The zero-order valence-electron chi connectivity index (χ0n) is 11.2. The van der Waals surface area contributed by atoms with Gasteiger partial charge in [0.1, 0.15) is 0 Å². The molecule has 1 aromatic heterocycles. The first-order valence-corrected chi connectivity index (χ1v) is 6.85. The second kappa shape index (κ2) is 5.33. The summed E-state index contributed by atoms with van der Waals surface area (Å²) in [5, 5.41) is 11.1. The summed E-state index contributed by atoms with van der Waals surface area (Å²) in [4.78, 5) is 11.4. The highest BCUT2D eigenvalue weighted by molar-refractivity contribution is 6.29. The van der Waals surface area contributed by atoms with Crippen LogP contribution in [0.5, 0.6) is 0 Å². The Balaban J connectivity index is 2.10. The van der Waals surface area contributed by atoms with Gasteiger partial charge in [-0.25, -0.2) is 0 Å². The van der Waals surface area contributed by atoms with E-state index in [0.717, 1.165) is 25.7 Å². The number of rotatable bonds is 3. The Morgan fingerprint density at radius 3 is 2.63 bits per heavy atom. The van der Waals surface area contributed by atoms with Gasteiger partial charge in [0, 0.05) is 6.04 Å². The number of primary amides is 1. The predicted octanol–water partition coefficient (Wildman–Crippen LogP) is 2.61. The van der Waals surface area contributed by atoms with Crippen LogP contribution in [0.3, 0.4) is 0 Å². The molecule has 1 aliphatic rings. The zero-order valence-corrected chi connectivity index (χ0v) is 12.0. The maximum Gasteiger partial charge on any atom is 0.252 e. The standard InChI is InChI=1S/C13H19ClN4O/c1-13(2)5-3-8(4-6-13)16-12-9(11(15)19)7-10(14)17-18-12/h7-8H,3-6H2,1-2H3,(H2,15,19)(H,16,18). The number of hydrogen-bond donors (Lipinski definition) is 2. The molecule has 0 saturated heterocycles. The number of hydrogen-bond acceptors (Lipinski definition) is 4. The highest BCUT2D eigenvalue weighted by Gasteiger charge is 2.27. The number of nitrogens with two attached hydrogens (primary N) is 1. The molecule has 1 heterocycles. The molecule has 19 heavy (non-hydrogen) atoms. The second-order valence-corrected chi connectivity index (χ2v) is 6.26. The Morgan fingerprint density at radius 1 is 1.42 bits per heavy atom. The van der Waals surface area contributed by atoms with Gasteiger partial charge in [0.05, 0.1) is 5.56 Å². The number of nitrogens with zero attached hydrogens (tertiary/aromatic N) is 2. The predicted molar refractivity (Wildman–Crippen MR) is 75.2 cm³/mol. The van der Waals surface area contributed by atoms with Crippen LogP contribution in [0.2, 0.25) is 5.15 Å². The minimum Gasteiger partial charge on any atom is -0.365 e. The van der Waals surface area contributed by atoms with Crippen molar-refractivity contribution < 1.29 is 4.79 Å². The van der Waals surface area contributed by atoms with Gasteiger partial charge in [-0.15, -0.1) is 10.2 Å². The Hall–Kier alpha value is -1.36. The number of amides is 1. The first-order valence-electron chi connectivity index (χ1n) is 6.47. The van der Waals surface area contributed by atoms with Gasteiger partial charge in [-0.1, -0.05) is 25.4 Å². The quantitative estimate of drug-likeness (QED) is 0.893. The molecule has 0 unspecified atom stereocenters. The third-order valence-electron chi connectivity index (χ3n) is 3.71. The van der Waals surface area contributed by atoms with Crippen molar-refractivity contribution in [1.29, 1.82) is 0 Å². The smallest absolute Gasteiger partial charge is 0.252 e. The van der Waals surface area contributed by atoms with Crippen LogP contribution in [0, 0.1) is 5.41 Å². The Kier molecular flexibility index (Phi) is 3.94. The van der Waals surface area contributed by atoms with E-state index in [1.807, 2.05) is 0 Å². The first kappa shape index (κ1) is 14.1. The Bertz CT molecular complexity index is 480. The fourth-order valence-corrected chi connectivity index (χ4v) is 2.55. The number of aromatic nitrogens is 2. The summed E-state index contributed by atoms with van der Waals surface area (Å²) in [6.45, 7) is 4.56. The molecular formula is C13H19ClN4O. The molecule has 1 saturated carbocycles. The minimum atomic E-state index is -0.546. The van der Waals surface area contributed by atoms with Crippen LogP contribution < -0.4 is 11.1 Å². The molecular weight excluding hydrogens is 264 g/mol. The van der Waals surface area contributed by atoms with Crippen molar-refractivity contribution >= 4 is 23.3 Å². The monoisotopic (exact) mass is 282 g/mol. The van der Waals surface area contributed by atoms with Crippen LogP contribution in [0.25, 0.3) is 0 Å². The molecule has 0 aliphatic heterocycles. The first-order chi connectivity index (χ1) is 8.87. The summed E-state index contributed by atoms with van der Waals surface area (Å²) >= 11 is 5.73. The lowest BCUT2D eigenvalue weighted by molar-refractivity contribution is 0.100. The molecule has 1 aromatic rings. The number of carbonyl (C=O) groups is 1. The molecule has 1 fully saturated rings. The van der Waals surface area contributed by atoms with Gasteiger partial charge in [0.2, 0.25) is 0 Å². The maximum atomic E-state index is 11.4. The topological polar surface area (TPSA) is 80.9 Å². The molecule has 0 bridgehead atoms. The lowest BCUT2D eigenvalue weighted by Gasteiger charge is -2.34. The van der Waals surface area contributed by atoms with Crippen LogP contribution in [0.15, 0.2) is 6.07 Å². The summed E-state index contributed by atoms with van der Waals surface area (Å²) in [6.07, 6.45) is 4.40. The van der Waals surface area contributed by atoms with Crippen molar-refractivity contribution in [3.05, 3.63) is 16.8 Å². The van der Waals surface area contributed by atoms with Crippen molar-refractivity contribution in [3.8, 4) is 0 Å². The summed E-state index contributed by atoms with van der Waals surface area (Å²) in [6, 6.07) is 1.76. The molecule has 3 N–H and O–H groups in total. The van der Waals surface area contributed by atoms with Gasteiger partial charge in [-0.3, -0.25) is 4.79 Å². The molecule has 1 amide bonds. The number of anilines is 1. The van der Waals surface area contributed by atoms with Crippen molar-refractivity contribution in [2.75, 3.05) is 5.32 Å². The van der Waals surface area contributed by atoms with E-state index >= 15 is 0 Å². The fraction of sp³-hybridized carbons (Fsp3) is 0.615. The van der Waals surface area contributed by atoms with Crippen LogP contribution in [0.1, 0.15) is 49.9 Å². The molecule has 5 nitrogen and oxygen atoms in total. The van der Waals surface area contributed by atoms with Crippen LogP contribution in [-0.2, 0) is 0 Å². The zero-order chi connectivity index (χ0) is 14.0. The van der Waals surface area contributed by atoms with Gasteiger partial charge in [-0.2, -0.15) is 0 Å². The van der Waals surface area contributed by atoms with E-state index in [2.05, 4.69) is 29.4 Å². The highest BCUT2D eigenvalue weighted by Crippen LogP contribution is 2.36. The third-order valence-corrected chi connectivity index (χ3v) is 3.89. The fourth-order valence-electron chi connectivity index (χ4n) is 2.40. The van der Waals surface area contributed by atoms with E-state index in [4.69, 9.17) is 17.3 Å². The minimum absolute atomic E-state index is 0.170. The second-order valence-electron chi connectivity index (χ2n) is 5.88. The maximum absolute atomic E-state index is 11.4. The van der Waals surface area contributed by atoms with Crippen LogP contribution in [-0.4, -0.2) is 22.1 Å². The van der Waals surface area contributed by atoms with Gasteiger partial charge in [0.25, 0.3) is 5.91 Å². The lowest BCUT2D eigenvalue weighted by Crippen LogP contribution is -2.31. The van der Waals surface area contributed by atoms with Crippen molar-refractivity contribution in [2.45, 2.75) is 45.6 Å². The molecule has 104 valence electrons. The normalized spacial score (nSPS) is 19.1. The molecule has 1 aliphatic carbocycles. The summed E-state index contributed by atoms with van der Waals surface area (Å²) in [7, 11) is 0. The molecule has 2 rings (SSSR count). The summed E-state index contributed by atoms with van der Waals surface area (Å²) < 4.78 is 0. The van der Waals surface area contributed by atoms with Crippen LogP contribution in [0.4, 0.5) is 5.82 Å². The SMILES string of the molecule is CC1(C)CCC(Nc2nnc(Cl)cc2C(N)=O)CC1. The van der Waals surface area contributed by atoms with Crippen molar-refractivity contribution in [3.63, 3.8) is 0 Å². The largest absolute Gasteiger partial charge is 0.365 e. The molecule has 0 spiro atoms. The summed E-state index contributed by atoms with van der Waals surface area (Å²) in [5.74, 6) is -0.114.